The Morgan fingerprint density at radius 1 is 0.981 bits per heavy atom. The Hall–Kier alpha value is -4.64. The highest BCUT2D eigenvalue weighted by atomic mass is 19.4. The number of rotatable bonds is 8. The van der Waals surface area contributed by atoms with Crippen molar-refractivity contribution in [1.29, 1.82) is 0 Å². The minimum atomic E-state index is -4.56. The van der Waals surface area contributed by atoms with Crippen LogP contribution < -0.4 is 20.9 Å². The second kappa shape index (κ2) is 15.1. The van der Waals surface area contributed by atoms with E-state index in [0.717, 1.165) is 25.1 Å². The van der Waals surface area contributed by atoms with Crippen molar-refractivity contribution in [3.8, 4) is 0 Å². The number of fused-ring (bicyclic) bond motifs is 1. The van der Waals surface area contributed by atoms with E-state index in [1.54, 1.807) is 60.9 Å². The first-order valence-electron chi connectivity index (χ1n) is 17.0. The number of nitrogens with zero attached hydrogens (tertiary/aromatic N) is 4. The molecule has 5 rings (SSSR count). The quantitative estimate of drug-likeness (QED) is 0.238. The second-order valence-electron chi connectivity index (χ2n) is 15.1. The van der Waals surface area contributed by atoms with Crippen molar-refractivity contribution >= 4 is 46.5 Å². The summed E-state index contributed by atoms with van der Waals surface area (Å²) in [6.45, 7) is 11.7. The van der Waals surface area contributed by atoms with Gasteiger partial charge in [-0.3, -0.25) is 25.0 Å². The molecule has 3 aromatic rings. The number of ether oxygens (including phenoxy) is 3. The fourth-order valence-electron chi connectivity index (χ4n) is 6.25. The van der Waals surface area contributed by atoms with Gasteiger partial charge in [-0.2, -0.15) is 13.2 Å². The molecule has 3 N–H and O–H groups in total. The highest BCUT2D eigenvalue weighted by molar-refractivity contribution is 6.16. The zero-order valence-corrected chi connectivity index (χ0v) is 30.3. The number of carbonyl (C=O) groups excluding carboxylic acids is 3. The van der Waals surface area contributed by atoms with Crippen LogP contribution in [0.25, 0.3) is 11.1 Å². The number of alkyl halides is 3. The van der Waals surface area contributed by atoms with Gasteiger partial charge in [-0.05, 0) is 72.1 Å². The Balaban J connectivity index is 1.44. The first-order chi connectivity index (χ1) is 24.3. The summed E-state index contributed by atoms with van der Waals surface area (Å²) in [4.78, 5) is 51.7. The maximum atomic E-state index is 14.2. The lowest BCUT2D eigenvalue weighted by Crippen LogP contribution is -2.54. The maximum absolute atomic E-state index is 14.2. The molecule has 3 amide bonds. The van der Waals surface area contributed by atoms with Crippen LogP contribution in [0.4, 0.5) is 40.0 Å². The largest absolute Gasteiger partial charge is 0.444 e. The lowest BCUT2D eigenvalue weighted by molar-refractivity contribution is -0.177. The highest BCUT2D eigenvalue weighted by Gasteiger charge is 2.45. The molecule has 0 bridgehead atoms. The Bertz CT molecular complexity index is 1770. The van der Waals surface area contributed by atoms with E-state index < -0.39 is 54.0 Å². The normalized spacial score (nSPS) is 20.1. The van der Waals surface area contributed by atoms with Gasteiger partial charge in [0.1, 0.15) is 22.3 Å². The molecule has 52 heavy (non-hydrogen) atoms. The molecule has 2 aliphatic rings. The average Bonchev–Trinajstić information content (AvgIpc) is 3.62. The van der Waals surface area contributed by atoms with Crippen molar-refractivity contribution in [3.05, 3.63) is 41.9 Å². The average molecular weight is 734 g/mol. The summed E-state index contributed by atoms with van der Waals surface area (Å²) in [6.07, 6.45) is -1.29. The molecule has 3 unspecified atom stereocenters. The van der Waals surface area contributed by atoms with Gasteiger partial charge in [0.25, 0.3) is 5.91 Å². The van der Waals surface area contributed by atoms with Crippen LogP contribution in [0.3, 0.4) is 0 Å². The van der Waals surface area contributed by atoms with Crippen molar-refractivity contribution in [2.24, 2.45) is 5.92 Å². The van der Waals surface area contributed by atoms with E-state index in [1.807, 2.05) is 0 Å². The van der Waals surface area contributed by atoms with Crippen LogP contribution in [-0.2, 0) is 20.8 Å². The molecule has 284 valence electrons. The van der Waals surface area contributed by atoms with Gasteiger partial charge in [-0.25, -0.2) is 9.59 Å². The molecule has 0 saturated carbocycles. The first-order valence-corrected chi connectivity index (χ1v) is 17.0. The number of hydrogen-bond donors (Lipinski definition) is 3. The molecule has 3 aromatic heterocycles. The number of piperidine rings is 1. The van der Waals surface area contributed by atoms with Crippen molar-refractivity contribution < 1.29 is 46.2 Å². The van der Waals surface area contributed by atoms with Crippen LogP contribution in [0, 0.1) is 5.92 Å². The number of methoxy groups -OCH3 is 1. The van der Waals surface area contributed by atoms with E-state index >= 15 is 0 Å². The molecule has 0 aliphatic carbocycles. The summed E-state index contributed by atoms with van der Waals surface area (Å²) in [7, 11) is 1.68. The molecule has 2 saturated heterocycles. The first kappa shape index (κ1) is 38.6. The number of alkyl carbamates (subject to hydrolysis) is 1. The number of carbonyl (C=O) groups is 3. The molecular formula is C35H46F3N7O7. The fourth-order valence-corrected chi connectivity index (χ4v) is 6.25. The molecule has 14 nitrogen and oxygen atoms in total. The molecule has 2 fully saturated rings. The number of anilines is 3. The van der Waals surface area contributed by atoms with Crippen molar-refractivity contribution in [2.75, 3.05) is 48.8 Å². The van der Waals surface area contributed by atoms with Crippen molar-refractivity contribution in [1.82, 2.24) is 20.2 Å². The molecule has 2 aliphatic heterocycles. The summed E-state index contributed by atoms with van der Waals surface area (Å²) in [5.41, 5.74) is -0.338. The Morgan fingerprint density at radius 2 is 1.69 bits per heavy atom. The van der Waals surface area contributed by atoms with Gasteiger partial charge >= 0.3 is 18.4 Å². The zero-order chi connectivity index (χ0) is 38.0. The zero-order valence-electron chi connectivity index (χ0n) is 30.3. The third kappa shape index (κ3) is 10.0. The molecule has 3 atom stereocenters. The van der Waals surface area contributed by atoms with E-state index in [2.05, 4.69) is 30.8 Å². The number of halogens is 3. The third-order valence-corrected chi connectivity index (χ3v) is 8.42. The van der Waals surface area contributed by atoms with E-state index in [0.29, 0.717) is 6.54 Å². The van der Waals surface area contributed by atoms with E-state index in [-0.39, 0.29) is 53.0 Å². The smallest absolute Gasteiger partial charge is 0.414 e. The number of furan rings is 1. The third-order valence-electron chi connectivity index (χ3n) is 8.42. The summed E-state index contributed by atoms with van der Waals surface area (Å²) >= 11 is 0. The van der Waals surface area contributed by atoms with Crippen molar-refractivity contribution in [2.45, 2.75) is 90.5 Å². The van der Waals surface area contributed by atoms with Gasteiger partial charge < -0.3 is 34.2 Å². The van der Waals surface area contributed by atoms with Gasteiger partial charge in [-0.15, -0.1) is 0 Å². The van der Waals surface area contributed by atoms with Crippen LogP contribution in [-0.4, -0.2) is 95.8 Å². The Morgan fingerprint density at radius 3 is 2.35 bits per heavy atom. The SMILES string of the molecule is COC1CCN(Cc2cnc3c(C(=O)Nc4cnccc4N4CC(NC(=O)OC(C)(C)C)CC(C(F)(F)F)C4)c(NC(=O)OC(C)(C)C)oc3c2)C1. The standard InChI is InChI=1S/C35H46F3N7O7/c1-33(2,3)51-31(47)41-22-13-21(35(36,37)38)17-45(18-22)25-8-10-39-15-24(25)42-29(46)27-28-26(50-30(27)43-32(48)52-34(4,5)6)12-20(14-40-28)16-44-11-9-23(19-44)49-7/h8,10,12,14-15,21-23H,9,11,13,16-19H2,1-7H3,(H,41,47)(H,42,46)(H,43,48). The molecule has 0 aromatic carbocycles. The molecule has 17 heteroatoms. The number of amides is 3. The molecule has 0 radical (unpaired) electrons. The van der Waals surface area contributed by atoms with Gasteiger partial charge in [0.2, 0.25) is 5.88 Å². The monoisotopic (exact) mass is 733 g/mol. The second-order valence-corrected chi connectivity index (χ2v) is 15.1. The van der Waals surface area contributed by atoms with Crippen LogP contribution in [0.15, 0.2) is 35.1 Å². The van der Waals surface area contributed by atoms with Gasteiger partial charge in [-0.1, -0.05) is 0 Å². The number of likely N-dealkylation sites (tertiary alicyclic amines) is 1. The molecule has 0 spiro atoms. The summed E-state index contributed by atoms with van der Waals surface area (Å²) in [5.74, 6) is -2.79. The Labute approximate surface area is 299 Å². The summed E-state index contributed by atoms with van der Waals surface area (Å²) < 4.78 is 64.6. The maximum Gasteiger partial charge on any atom is 0.414 e. The van der Waals surface area contributed by atoms with E-state index in [1.165, 1.54) is 23.4 Å². The lowest BCUT2D eigenvalue weighted by Gasteiger charge is -2.40. The lowest BCUT2D eigenvalue weighted by atomic mass is 9.93. The van der Waals surface area contributed by atoms with E-state index in [9.17, 15) is 27.6 Å². The predicted molar refractivity (Wildman–Crippen MR) is 186 cm³/mol. The summed E-state index contributed by atoms with van der Waals surface area (Å²) in [6, 6.07) is 2.29. The summed E-state index contributed by atoms with van der Waals surface area (Å²) in [5, 5.41) is 7.82. The van der Waals surface area contributed by atoms with Crippen LogP contribution in [0.1, 0.15) is 70.3 Å². The van der Waals surface area contributed by atoms with Crippen LogP contribution >= 0.6 is 0 Å². The van der Waals surface area contributed by atoms with Crippen LogP contribution in [0.5, 0.6) is 0 Å². The van der Waals surface area contributed by atoms with Crippen LogP contribution in [0.2, 0.25) is 0 Å². The van der Waals surface area contributed by atoms with Gasteiger partial charge in [0.05, 0.1) is 35.6 Å². The predicted octanol–water partition coefficient (Wildman–Crippen LogP) is 6.32. The number of nitrogens with one attached hydrogen (secondary N) is 3. The minimum Gasteiger partial charge on any atom is -0.444 e. The molecular weight excluding hydrogens is 687 g/mol. The number of hydrogen-bond acceptors (Lipinski definition) is 11. The van der Waals surface area contributed by atoms with E-state index in [4.69, 9.17) is 18.6 Å². The van der Waals surface area contributed by atoms with Gasteiger partial charge in [0, 0.05) is 52.2 Å². The Kier molecular flexibility index (Phi) is 11.2. The topological polar surface area (TPSA) is 160 Å². The highest BCUT2D eigenvalue weighted by Crippen LogP contribution is 2.38. The minimum absolute atomic E-state index is 0.00866. The number of aromatic nitrogens is 2. The van der Waals surface area contributed by atoms with Crippen molar-refractivity contribution in [3.63, 3.8) is 0 Å². The fraction of sp³-hybridized carbons (Fsp3) is 0.571. The van der Waals surface area contributed by atoms with Gasteiger partial charge in [0.15, 0.2) is 5.58 Å². The molecule has 5 heterocycles. The number of pyridine rings is 2.